The quantitative estimate of drug-likeness (QED) is 0.675. The highest BCUT2D eigenvalue weighted by Gasteiger charge is 2.09. The summed E-state index contributed by atoms with van der Waals surface area (Å²) in [5.41, 5.74) is 1.98. The third-order valence-corrected chi connectivity index (χ3v) is 3.55. The van der Waals surface area contributed by atoms with E-state index >= 15 is 0 Å². The minimum absolute atomic E-state index is 0.0733. The molecule has 0 aliphatic carbocycles. The summed E-state index contributed by atoms with van der Waals surface area (Å²) in [6.07, 6.45) is 1.63. The molecule has 5 nitrogen and oxygen atoms in total. The molecule has 1 aromatic heterocycles. The van der Waals surface area contributed by atoms with Gasteiger partial charge in [-0.1, -0.05) is 30.3 Å². The summed E-state index contributed by atoms with van der Waals surface area (Å²) in [5.74, 6) is 1.29. The molecule has 3 aromatic rings. The van der Waals surface area contributed by atoms with Crippen LogP contribution in [0.15, 0.2) is 72.9 Å². The van der Waals surface area contributed by atoms with Crippen LogP contribution in [0.1, 0.15) is 24.3 Å². The molecule has 0 unspecified atom stereocenters. The predicted octanol–water partition coefficient (Wildman–Crippen LogP) is 4.76. The average Bonchev–Trinajstić information content (AvgIpc) is 2.64. The van der Waals surface area contributed by atoms with E-state index < -0.39 is 0 Å². The molecule has 2 aromatic carbocycles. The van der Waals surface area contributed by atoms with Gasteiger partial charge in [-0.05, 0) is 50.2 Å². The van der Waals surface area contributed by atoms with Crippen LogP contribution < -0.4 is 15.4 Å². The molecular formula is C21H21N3O2. The number of aromatic nitrogens is 1. The molecule has 0 saturated heterocycles. The van der Waals surface area contributed by atoms with Crippen molar-refractivity contribution < 1.29 is 9.53 Å². The van der Waals surface area contributed by atoms with Crippen molar-refractivity contribution in [2.75, 3.05) is 5.32 Å². The molecular weight excluding hydrogens is 326 g/mol. The number of carbonyl (C=O) groups is 1. The van der Waals surface area contributed by atoms with Gasteiger partial charge in [-0.3, -0.25) is 4.79 Å². The van der Waals surface area contributed by atoms with Gasteiger partial charge in [-0.2, -0.15) is 0 Å². The standard InChI is InChI=1S/C21H21N3O2/c1-15(2)23-21(25)19-13-12-16(14-22-19)24-18-10-6-7-11-20(18)26-17-8-4-3-5-9-17/h3-15,24H,1-2H3,(H,23,25). The van der Waals surface area contributed by atoms with Crippen LogP contribution >= 0.6 is 0 Å². The zero-order valence-electron chi connectivity index (χ0n) is 14.8. The number of para-hydroxylation sites is 3. The molecule has 2 N–H and O–H groups in total. The maximum Gasteiger partial charge on any atom is 0.270 e. The second-order valence-electron chi connectivity index (χ2n) is 6.10. The monoisotopic (exact) mass is 347 g/mol. The zero-order valence-corrected chi connectivity index (χ0v) is 14.8. The molecule has 0 spiro atoms. The van der Waals surface area contributed by atoms with Crippen molar-refractivity contribution in [1.82, 2.24) is 10.3 Å². The van der Waals surface area contributed by atoms with Gasteiger partial charge in [0.05, 0.1) is 17.6 Å². The van der Waals surface area contributed by atoms with Gasteiger partial charge in [0.15, 0.2) is 5.75 Å². The second kappa shape index (κ2) is 8.16. The van der Waals surface area contributed by atoms with E-state index in [1.807, 2.05) is 74.5 Å². The van der Waals surface area contributed by atoms with Crippen LogP contribution in [-0.2, 0) is 0 Å². The number of amides is 1. The molecule has 3 rings (SSSR count). The zero-order chi connectivity index (χ0) is 18.4. The number of nitrogens with one attached hydrogen (secondary N) is 2. The molecule has 26 heavy (non-hydrogen) atoms. The van der Waals surface area contributed by atoms with E-state index in [0.717, 1.165) is 17.1 Å². The van der Waals surface area contributed by atoms with Gasteiger partial charge in [-0.15, -0.1) is 0 Å². The van der Waals surface area contributed by atoms with Crippen LogP contribution in [0.3, 0.4) is 0 Å². The van der Waals surface area contributed by atoms with Crippen molar-refractivity contribution in [3.8, 4) is 11.5 Å². The third-order valence-electron chi connectivity index (χ3n) is 3.55. The van der Waals surface area contributed by atoms with E-state index in [-0.39, 0.29) is 11.9 Å². The van der Waals surface area contributed by atoms with Gasteiger partial charge >= 0.3 is 0 Å². The smallest absolute Gasteiger partial charge is 0.270 e. The number of hydrogen-bond donors (Lipinski definition) is 2. The SMILES string of the molecule is CC(C)NC(=O)c1ccc(Nc2ccccc2Oc2ccccc2)cn1. The molecule has 0 bridgehead atoms. The Kier molecular flexibility index (Phi) is 5.49. The summed E-state index contributed by atoms with van der Waals surface area (Å²) in [5, 5.41) is 6.10. The lowest BCUT2D eigenvalue weighted by Crippen LogP contribution is -2.30. The summed E-state index contributed by atoms with van der Waals surface area (Å²) >= 11 is 0. The summed E-state index contributed by atoms with van der Waals surface area (Å²) in [6, 6.07) is 20.9. The molecule has 0 atom stereocenters. The molecule has 0 aliphatic heterocycles. The Morgan fingerprint density at radius 3 is 2.38 bits per heavy atom. The largest absolute Gasteiger partial charge is 0.455 e. The van der Waals surface area contributed by atoms with Crippen LogP contribution in [0.25, 0.3) is 0 Å². The van der Waals surface area contributed by atoms with Gasteiger partial charge in [0, 0.05) is 6.04 Å². The molecule has 132 valence electrons. The fraction of sp³-hybridized carbons (Fsp3) is 0.143. The lowest BCUT2D eigenvalue weighted by Gasteiger charge is -2.13. The number of anilines is 2. The van der Waals surface area contributed by atoms with Crippen molar-refractivity contribution in [2.24, 2.45) is 0 Å². The van der Waals surface area contributed by atoms with Crippen molar-refractivity contribution in [3.63, 3.8) is 0 Å². The van der Waals surface area contributed by atoms with Crippen LogP contribution in [0.5, 0.6) is 11.5 Å². The second-order valence-corrected chi connectivity index (χ2v) is 6.10. The van der Waals surface area contributed by atoms with Crippen molar-refractivity contribution in [2.45, 2.75) is 19.9 Å². The first-order valence-electron chi connectivity index (χ1n) is 8.47. The normalized spacial score (nSPS) is 10.4. The fourth-order valence-corrected chi connectivity index (χ4v) is 2.37. The van der Waals surface area contributed by atoms with E-state index in [4.69, 9.17) is 4.74 Å². The summed E-state index contributed by atoms with van der Waals surface area (Å²) in [6.45, 7) is 3.83. The Labute approximate surface area is 153 Å². The lowest BCUT2D eigenvalue weighted by molar-refractivity contribution is 0.0938. The molecule has 5 heteroatoms. The van der Waals surface area contributed by atoms with E-state index in [9.17, 15) is 4.79 Å². The maximum atomic E-state index is 12.0. The number of hydrogen-bond acceptors (Lipinski definition) is 4. The summed E-state index contributed by atoms with van der Waals surface area (Å²) in [4.78, 5) is 16.2. The Bertz CT molecular complexity index is 862. The Hall–Kier alpha value is -3.34. The van der Waals surface area contributed by atoms with E-state index in [1.54, 1.807) is 12.3 Å². The number of rotatable bonds is 6. The van der Waals surface area contributed by atoms with E-state index in [0.29, 0.717) is 11.4 Å². The predicted molar refractivity (Wildman–Crippen MR) is 103 cm³/mol. The first-order valence-corrected chi connectivity index (χ1v) is 8.47. The first kappa shape index (κ1) is 17.5. The summed E-state index contributed by atoms with van der Waals surface area (Å²) in [7, 11) is 0. The number of ether oxygens (including phenoxy) is 1. The molecule has 1 heterocycles. The van der Waals surface area contributed by atoms with Crippen LogP contribution in [0.2, 0.25) is 0 Å². The molecule has 0 saturated carbocycles. The highest BCUT2D eigenvalue weighted by Crippen LogP contribution is 2.31. The minimum atomic E-state index is -0.181. The average molecular weight is 347 g/mol. The van der Waals surface area contributed by atoms with Gasteiger partial charge in [0.25, 0.3) is 5.91 Å². The van der Waals surface area contributed by atoms with Crippen molar-refractivity contribution in [3.05, 3.63) is 78.6 Å². The highest BCUT2D eigenvalue weighted by atomic mass is 16.5. The molecule has 0 aliphatic rings. The van der Waals surface area contributed by atoms with Crippen LogP contribution in [0, 0.1) is 0 Å². The summed E-state index contributed by atoms with van der Waals surface area (Å²) < 4.78 is 5.94. The fourth-order valence-electron chi connectivity index (χ4n) is 2.37. The lowest BCUT2D eigenvalue weighted by atomic mass is 10.2. The van der Waals surface area contributed by atoms with Gasteiger partial charge < -0.3 is 15.4 Å². The van der Waals surface area contributed by atoms with Gasteiger partial charge in [0.2, 0.25) is 0 Å². The number of pyridine rings is 1. The Morgan fingerprint density at radius 2 is 1.69 bits per heavy atom. The number of benzene rings is 2. The van der Waals surface area contributed by atoms with E-state index in [2.05, 4.69) is 15.6 Å². The maximum absolute atomic E-state index is 12.0. The van der Waals surface area contributed by atoms with Crippen molar-refractivity contribution >= 4 is 17.3 Å². The Balaban J connectivity index is 1.74. The highest BCUT2D eigenvalue weighted by molar-refractivity contribution is 5.92. The topological polar surface area (TPSA) is 63.2 Å². The molecule has 1 amide bonds. The first-order chi connectivity index (χ1) is 12.6. The molecule has 0 radical (unpaired) electrons. The number of nitrogens with zero attached hydrogens (tertiary/aromatic N) is 1. The van der Waals surface area contributed by atoms with Crippen LogP contribution in [0.4, 0.5) is 11.4 Å². The minimum Gasteiger partial charge on any atom is -0.455 e. The third kappa shape index (κ3) is 4.60. The van der Waals surface area contributed by atoms with Crippen molar-refractivity contribution in [1.29, 1.82) is 0 Å². The van der Waals surface area contributed by atoms with Gasteiger partial charge in [-0.25, -0.2) is 4.98 Å². The van der Waals surface area contributed by atoms with Crippen LogP contribution in [-0.4, -0.2) is 16.9 Å². The molecule has 0 fully saturated rings. The Morgan fingerprint density at radius 1 is 0.962 bits per heavy atom. The number of carbonyl (C=O) groups excluding carboxylic acids is 1. The van der Waals surface area contributed by atoms with Gasteiger partial charge in [0.1, 0.15) is 11.4 Å². The van der Waals surface area contributed by atoms with E-state index in [1.165, 1.54) is 0 Å².